The molecule has 0 aliphatic heterocycles. The highest BCUT2D eigenvalue weighted by Crippen LogP contribution is 2.21. The molecule has 0 aliphatic carbocycles. The van der Waals surface area contributed by atoms with Crippen LogP contribution in [0.5, 0.6) is 0 Å². The van der Waals surface area contributed by atoms with Crippen molar-refractivity contribution in [3.63, 3.8) is 0 Å². The van der Waals surface area contributed by atoms with E-state index in [1.165, 1.54) is 4.90 Å². The number of hydrogen-bond donors (Lipinski definition) is 0. The molecule has 1 aromatic carbocycles. The zero-order valence-electron chi connectivity index (χ0n) is 13.6. The van der Waals surface area contributed by atoms with Crippen molar-refractivity contribution < 1.29 is 9.32 Å². The summed E-state index contributed by atoms with van der Waals surface area (Å²) in [5.74, 6) is 0.662. The van der Waals surface area contributed by atoms with Crippen molar-refractivity contribution in [1.29, 1.82) is 0 Å². The summed E-state index contributed by atoms with van der Waals surface area (Å²) in [6, 6.07) is 6.88. The van der Waals surface area contributed by atoms with Crippen LogP contribution in [0.25, 0.3) is 0 Å². The van der Waals surface area contributed by atoms with Crippen LogP contribution in [0, 0.1) is 6.92 Å². The van der Waals surface area contributed by atoms with Gasteiger partial charge in [-0.05, 0) is 29.8 Å². The zero-order valence-corrected chi connectivity index (χ0v) is 15.1. The second-order valence-electron chi connectivity index (χ2n) is 5.53. The van der Waals surface area contributed by atoms with Gasteiger partial charge in [-0.15, -0.1) is 0 Å². The van der Waals surface area contributed by atoms with E-state index >= 15 is 0 Å². The van der Waals surface area contributed by atoms with Gasteiger partial charge in [0.1, 0.15) is 5.69 Å². The fourth-order valence-corrected chi connectivity index (χ4v) is 2.66. The number of carbonyl (C=O) groups is 1. The van der Waals surface area contributed by atoms with E-state index in [0.29, 0.717) is 34.0 Å². The van der Waals surface area contributed by atoms with Crippen molar-refractivity contribution in [2.75, 3.05) is 7.05 Å². The number of aryl methyl sites for hydroxylation is 1. The first-order valence-electron chi connectivity index (χ1n) is 7.44. The van der Waals surface area contributed by atoms with Crippen molar-refractivity contribution in [2.45, 2.75) is 20.0 Å². The van der Waals surface area contributed by atoms with Crippen LogP contribution >= 0.6 is 23.2 Å². The molecule has 0 bridgehead atoms. The maximum absolute atomic E-state index is 12.5. The number of hydrogen-bond acceptors (Lipinski definition) is 5. The van der Waals surface area contributed by atoms with Crippen LogP contribution in [0.2, 0.25) is 10.0 Å². The molecule has 3 rings (SSSR count). The Hall–Kier alpha value is -2.38. The van der Waals surface area contributed by atoms with Crippen LogP contribution in [0.4, 0.5) is 0 Å². The number of carbonyl (C=O) groups excluding carboxylic acids is 1. The minimum absolute atomic E-state index is 0.238. The third-order valence-corrected chi connectivity index (χ3v) is 4.10. The molecule has 25 heavy (non-hydrogen) atoms. The molecular formula is C16H15Cl2N5O2. The van der Waals surface area contributed by atoms with Crippen molar-refractivity contribution in [3.05, 3.63) is 63.5 Å². The fraction of sp³-hybridized carbons (Fsp3) is 0.250. The zero-order chi connectivity index (χ0) is 18.0. The molecule has 0 atom stereocenters. The van der Waals surface area contributed by atoms with Crippen molar-refractivity contribution >= 4 is 29.1 Å². The molecule has 0 saturated carbocycles. The van der Waals surface area contributed by atoms with Gasteiger partial charge in [0.2, 0.25) is 5.89 Å². The molecule has 0 unspecified atom stereocenters. The second-order valence-corrected chi connectivity index (χ2v) is 6.37. The Labute approximate surface area is 154 Å². The topological polar surface area (TPSA) is 77.1 Å². The Balaban J connectivity index is 1.69. The van der Waals surface area contributed by atoms with Gasteiger partial charge in [-0.25, -0.2) is 0 Å². The van der Waals surface area contributed by atoms with Gasteiger partial charge in [0, 0.05) is 30.2 Å². The monoisotopic (exact) mass is 379 g/mol. The fourth-order valence-electron chi connectivity index (χ4n) is 2.29. The number of benzene rings is 1. The second kappa shape index (κ2) is 7.25. The third kappa shape index (κ3) is 4.18. The summed E-state index contributed by atoms with van der Waals surface area (Å²) in [7, 11) is 1.65. The first kappa shape index (κ1) is 17.4. The Morgan fingerprint density at radius 3 is 2.84 bits per heavy atom. The quantitative estimate of drug-likeness (QED) is 0.679. The Morgan fingerprint density at radius 2 is 2.12 bits per heavy atom. The lowest BCUT2D eigenvalue weighted by atomic mass is 10.2. The molecule has 2 aromatic heterocycles. The number of amides is 1. The van der Waals surface area contributed by atoms with Crippen LogP contribution in [-0.4, -0.2) is 37.8 Å². The van der Waals surface area contributed by atoms with E-state index in [1.807, 2.05) is 0 Å². The minimum atomic E-state index is -0.238. The summed E-state index contributed by atoms with van der Waals surface area (Å²) in [6.07, 6.45) is 1.72. The number of aromatic nitrogens is 4. The van der Waals surface area contributed by atoms with Gasteiger partial charge in [0.25, 0.3) is 5.91 Å². The molecule has 0 aliphatic rings. The van der Waals surface area contributed by atoms with Gasteiger partial charge in [-0.2, -0.15) is 10.1 Å². The van der Waals surface area contributed by atoms with Gasteiger partial charge >= 0.3 is 0 Å². The molecule has 0 N–H and O–H groups in total. The van der Waals surface area contributed by atoms with E-state index in [1.54, 1.807) is 49.1 Å². The summed E-state index contributed by atoms with van der Waals surface area (Å²) in [4.78, 5) is 18.0. The van der Waals surface area contributed by atoms with Crippen molar-refractivity contribution in [3.8, 4) is 0 Å². The minimum Gasteiger partial charge on any atom is -0.340 e. The van der Waals surface area contributed by atoms with Crippen LogP contribution < -0.4 is 0 Å². The lowest BCUT2D eigenvalue weighted by Crippen LogP contribution is -2.27. The smallest absolute Gasteiger partial charge is 0.274 e. The van der Waals surface area contributed by atoms with Gasteiger partial charge in [0.05, 0.1) is 13.1 Å². The highest BCUT2D eigenvalue weighted by molar-refractivity contribution is 6.33. The number of halogens is 2. The van der Waals surface area contributed by atoms with Crippen LogP contribution in [0.15, 0.2) is 35.0 Å². The molecule has 1 amide bonds. The molecule has 9 heteroatoms. The number of rotatable bonds is 5. The summed E-state index contributed by atoms with van der Waals surface area (Å²) in [6.45, 7) is 2.35. The maximum Gasteiger partial charge on any atom is 0.274 e. The van der Waals surface area contributed by atoms with Crippen LogP contribution in [0.1, 0.15) is 27.8 Å². The normalized spacial score (nSPS) is 10.9. The lowest BCUT2D eigenvalue weighted by Gasteiger charge is -2.13. The van der Waals surface area contributed by atoms with E-state index < -0.39 is 0 Å². The molecule has 0 spiro atoms. The third-order valence-electron chi connectivity index (χ3n) is 3.49. The van der Waals surface area contributed by atoms with Gasteiger partial charge in [-0.3, -0.25) is 9.48 Å². The summed E-state index contributed by atoms with van der Waals surface area (Å²) >= 11 is 12.2. The SMILES string of the molecule is Cc1nc(CN(C)C(=O)c2ccn(Cc3cc(Cl)ccc3Cl)n2)no1. The van der Waals surface area contributed by atoms with Crippen LogP contribution in [-0.2, 0) is 13.1 Å². The van der Waals surface area contributed by atoms with Crippen LogP contribution in [0.3, 0.4) is 0 Å². The molecule has 130 valence electrons. The predicted molar refractivity (Wildman–Crippen MR) is 92.6 cm³/mol. The summed E-state index contributed by atoms with van der Waals surface area (Å²) in [5, 5.41) is 9.27. The molecule has 3 aromatic rings. The van der Waals surface area contributed by atoms with E-state index in [0.717, 1.165) is 5.56 Å². The Bertz CT molecular complexity index is 906. The average molecular weight is 380 g/mol. The number of nitrogens with zero attached hydrogens (tertiary/aromatic N) is 5. The van der Waals surface area contributed by atoms with E-state index in [-0.39, 0.29) is 12.5 Å². The average Bonchev–Trinajstić information content (AvgIpc) is 3.19. The maximum atomic E-state index is 12.5. The summed E-state index contributed by atoms with van der Waals surface area (Å²) in [5.41, 5.74) is 1.15. The molecule has 7 nitrogen and oxygen atoms in total. The highest BCUT2D eigenvalue weighted by Gasteiger charge is 2.17. The summed E-state index contributed by atoms with van der Waals surface area (Å²) < 4.78 is 6.54. The first-order valence-corrected chi connectivity index (χ1v) is 8.20. The molecular weight excluding hydrogens is 365 g/mol. The first-order chi connectivity index (χ1) is 11.9. The molecule has 0 saturated heterocycles. The Kier molecular flexibility index (Phi) is 5.06. The molecule has 0 radical (unpaired) electrons. The Morgan fingerprint density at radius 1 is 1.32 bits per heavy atom. The highest BCUT2D eigenvalue weighted by atomic mass is 35.5. The van der Waals surface area contributed by atoms with E-state index in [9.17, 15) is 4.79 Å². The molecule has 0 fully saturated rings. The van der Waals surface area contributed by atoms with Crippen molar-refractivity contribution in [2.24, 2.45) is 0 Å². The lowest BCUT2D eigenvalue weighted by molar-refractivity contribution is 0.0774. The largest absolute Gasteiger partial charge is 0.340 e. The van der Waals surface area contributed by atoms with E-state index in [2.05, 4.69) is 15.2 Å². The van der Waals surface area contributed by atoms with Gasteiger partial charge in [0.15, 0.2) is 5.82 Å². The predicted octanol–water partition coefficient (Wildman–Crippen LogP) is 3.20. The standard InChI is InChI=1S/C16H15Cl2N5O2/c1-10-19-15(21-25-10)9-22(2)16(24)14-5-6-23(20-14)8-11-7-12(17)3-4-13(11)18/h3-7H,8-9H2,1-2H3. The molecule has 2 heterocycles. The van der Waals surface area contributed by atoms with Gasteiger partial charge in [-0.1, -0.05) is 28.4 Å². The van der Waals surface area contributed by atoms with Crippen molar-refractivity contribution in [1.82, 2.24) is 24.8 Å². The van der Waals surface area contributed by atoms with Gasteiger partial charge < -0.3 is 9.42 Å². The van der Waals surface area contributed by atoms with E-state index in [4.69, 9.17) is 27.7 Å².